The summed E-state index contributed by atoms with van der Waals surface area (Å²) in [6.45, 7) is 3.73. The second-order valence-electron chi connectivity index (χ2n) is 7.44. The Labute approximate surface area is 168 Å². The van der Waals surface area contributed by atoms with Crippen LogP contribution in [-0.4, -0.2) is 35.8 Å². The lowest BCUT2D eigenvalue weighted by atomic mass is 10.1. The first-order chi connectivity index (χ1) is 13.9. The van der Waals surface area contributed by atoms with Gasteiger partial charge in [0.1, 0.15) is 0 Å². The number of aromatic amines is 1. The molecule has 0 saturated carbocycles. The first-order valence-electron chi connectivity index (χ1n) is 9.58. The van der Waals surface area contributed by atoms with Crippen molar-refractivity contribution in [3.63, 3.8) is 0 Å². The molecule has 1 saturated heterocycles. The number of benzene rings is 2. The van der Waals surface area contributed by atoms with E-state index in [4.69, 9.17) is 4.74 Å². The fraction of sp³-hybridized carbons (Fsp3) is 0.261. The van der Waals surface area contributed by atoms with Crippen LogP contribution >= 0.6 is 0 Å². The zero-order valence-electron chi connectivity index (χ0n) is 16.4. The van der Waals surface area contributed by atoms with Crippen LogP contribution in [0, 0.1) is 19.8 Å². The van der Waals surface area contributed by atoms with Crippen LogP contribution in [0.3, 0.4) is 0 Å². The van der Waals surface area contributed by atoms with Crippen molar-refractivity contribution in [3.05, 3.63) is 65.4 Å². The lowest BCUT2D eigenvalue weighted by Crippen LogP contribution is -2.27. The van der Waals surface area contributed by atoms with Gasteiger partial charge in [-0.05, 0) is 32.0 Å². The Morgan fingerprint density at radius 1 is 1.10 bits per heavy atom. The highest BCUT2D eigenvalue weighted by Crippen LogP contribution is 2.27. The Morgan fingerprint density at radius 2 is 1.83 bits per heavy atom. The lowest BCUT2D eigenvalue weighted by molar-refractivity contribution is -0.147. The van der Waals surface area contributed by atoms with Gasteiger partial charge in [0.2, 0.25) is 11.7 Å². The first-order valence-corrected chi connectivity index (χ1v) is 9.58. The number of H-pyrrole nitrogens is 1. The molecule has 6 nitrogen and oxygen atoms in total. The number of nitrogens with zero attached hydrogens (tertiary/aromatic N) is 1. The number of hydrogen-bond donors (Lipinski definition) is 1. The van der Waals surface area contributed by atoms with Gasteiger partial charge >= 0.3 is 5.97 Å². The van der Waals surface area contributed by atoms with Crippen molar-refractivity contribution in [3.8, 4) is 0 Å². The highest BCUT2D eigenvalue weighted by Gasteiger charge is 2.36. The molecule has 0 radical (unpaired) electrons. The quantitative estimate of drug-likeness (QED) is 0.534. The molecule has 1 atom stereocenters. The van der Waals surface area contributed by atoms with Crippen molar-refractivity contribution in [2.24, 2.45) is 5.92 Å². The van der Waals surface area contributed by atoms with E-state index in [-0.39, 0.29) is 31.3 Å². The second kappa shape index (κ2) is 7.54. The van der Waals surface area contributed by atoms with E-state index in [2.05, 4.69) is 4.98 Å². The normalized spacial score (nSPS) is 16.4. The fourth-order valence-corrected chi connectivity index (χ4v) is 3.80. The maximum atomic E-state index is 12.7. The van der Waals surface area contributed by atoms with Gasteiger partial charge in [-0.15, -0.1) is 0 Å². The van der Waals surface area contributed by atoms with E-state index in [0.717, 1.165) is 27.8 Å². The van der Waals surface area contributed by atoms with Gasteiger partial charge in [0.15, 0.2) is 6.61 Å². The summed E-state index contributed by atoms with van der Waals surface area (Å²) in [6, 6.07) is 15.1. The highest BCUT2D eigenvalue weighted by atomic mass is 16.5. The Hall–Kier alpha value is -3.41. The fourth-order valence-electron chi connectivity index (χ4n) is 3.80. The van der Waals surface area contributed by atoms with Gasteiger partial charge < -0.3 is 14.6 Å². The first kappa shape index (κ1) is 18.9. The second-order valence-corrected chi connectivity index (χ2v) is 7.44. The molecule has 6 heteroatoms. The molecule has 1 amide bonds. The topological polar surface area (TPSA) is 79.5 Å². The molecule has 0 aliphatic carbocycles. The molecule has 1 unspecified atom stereocenters. The van der Waals surface area contributed by atoms with E-state index in [0.29, 0.717) is 5.56 Å². The van der Waals surface area contributed by atoms with Gasteiger partial charge in [0, 0.05) is 40.8 Å². The van der Waals surface area contributed by atoms with Crippen LogP contribution in [-0.2, 0) is 14.3 Å². The van der Waals surface area contributed by atoms with Crippen LogP contribution in [0.4, 0.5) is 5.69 Å². The van der Waals surface area contributed by atoms with E-state index < -0.39 is 11.9 Å². The predicted octanol–water partition coefficient (Wildman–Crippen LogP) is 3.56. The molecule has 4 rings (SSSR count). The Morgan fingerprint density at radius 3 is 2.59 bits per heavy atom. The predicted molar refractivity (Wildman–Crippen MR) is 110 cm³/mol. The average molecular weight is 390 g/mol. The molecule has 1 aliphatic rings. The number of Topliss-reactive ketones (excluding diaryl/α,β-unsaturated/α-hetero) is 1. The Balaban J connectivity index is 1.41. The number of ether oxygens (including phenoxy) is 1. The number of hydrogen-bond acceptors (Lipinski definition) is 4. The number of carbonyl (C=O) groups excluding carboxylic acids is 3. The number of para-hydroxylation sites is 1. The molecule has 1 aromatic heterocycles. The number of carbonyl (C=O) groups is 3. The third-order valence-corrected chi connectivity index (χ3v) is 5.32. The third kappa shape index (κ3) is 3.66. The third-order valence-electron chi connectivity index (χ3n) is 5.32. The van der Waals surface area contributed by atoms with Gasteiger partial charge in [-0.2, -0.15) is 0 Å². The number of aryl methyl sites for hydroxylation is 2. The zero-order valence-corrected chi connectivity index (χ0v) is 16.4. The maximum absolute atomic E-state index is 12.7. The summed E-state index contributed by atoms with van der Waals surface area (Å²) in [7, 11) is 0. The molecule has 148 valence electrons. The van der Waals surface area contributed by atoms with Crippen LogP contribution in [0.1, 0.15) is 28.0 Å². The Kier molecular flexibility index (Phi) is 4.92. The standard InChI is InChI=1S/C23H22N2O4/c1-14-7-9-17(10-8-14)25-12-16(11-21(25)27)23(28)29-13-20(26)22-15(2)24-19-6-4-3-5-18(19)22/h3-10,16,24H,11-13H2,1-2H3. The minimum Gasteiger partial charge on any atom is -0.457 e. The summed E-state index contributed by atoms with van der Waals surface area (Å²) in [4.78, 5) is 42.3. The number of amides is 1. The van der Waals surface area contributed by atoms with Crippen LogP contribution in [0.2, 0.25) is 0 Å². The van der Waals surface area contributed by atoms with Crippen molar-refractivity contribution < 1.29 is 19.1 Å². The molecule has 0 bridgehead atoms. The summed E-state index contributed by atoms with van der Waals surface area (Å²) in [6.07, 6.45) is 0.0903. The van der Waals surface area contributed by atoms with E-state index in [1.807, 2.05) is 62.4 Å². The van der Waals surface area contributed by atoms with Crippen molar-refractivity contribution in [1.82, 2.24) is 4.98 Å². The molecule has 2 heterocycles. The molecule has 3 aromatic rings. The van der Waals surface area contributed by atoms with Crippen LogP contribution in [0.25, 0.3) is 10.9 Å². The minimum absolute atomic E-state index is 0.0903. The number of aromatic nitrogens is 1. The van der Waals surface area contributed by atoms with Crippen molar-refractivity contribution >= 4 is 34.3 Å². The molecule has 0 spiro atoms. The number of ketones is 1. The van der Waals surface area contributed by atoms with Crippen LogP contribution < -0.4 is 4.90 Å². The molecule has 1 fully saturated rings. The number of anilines is 1. The number of nitrogens with one attached hydrogen (secondary N) is 1. The van der Waals surface area contributed by atoms with E-state index in [9.17, 15) is 14.4 Å². The SMILES string of the molecule is Cc1ccc(N2CC(C(=O)OCC(=O)c3c(C)[nH]c4ccccc34)CC2=O)cc1. The van der Waals surface area contributed by atoms with Gasteiger partial charge in [-0.3, -0.25) is 14.4 Å². The number of rotatable bonds is 5. The van der Waals surface area contributed by atoms with Gasteiger partial charge in [-0.1, -0.05) is 35.9 Å². The minimum atomic E-state index is -0.569. The molecule has 1 aliphatic heterocycles. The molecule has 29 heavy (non-hydrogen) atoms. The Bertz CT molecular complexity index is 1100. The average Bonchev–Trinajstić information content (AvgIpc) is 3.26. The molecular formula is C23H22N2O4. The summed E-state index contributed by atoms with van der Waals surface area (Å²) >= 11 is 0. The maximum Gasteiger partial charge on any atom is 0.311 e. The number of fused-ring (bicyclic) bond motifs is 1. The monoisotopic (exact) mass is 390 g/mol. The number of esters is 1. The summed E-state index contributed by atoms with van der Waals surface area (Å²) in [5.41, 5.74) is 4.02. The molecule has 2 aromatic carbocycles. The zero-order chi connectivity index (χ0) is 20.5. The van der Waals surface area contributed by atoms with Gasteiger partial charge in [0.05, 0.1) is 5.92 Å². The smallest absolute Gasteiger partial charge is 0.311 e. The summed E-state index contributed by atoms with van der Waals surface area (Å²) < 4.78 is 5.29. The van der Waals surface area contributed by atoms with Crippen molar-refractivity contribution in [2.45, 2.75) is 20.3 Å². The lowest BCUT2D eigenvalue weighted by Gasteiger charge is -2.16. The summed E-state index contributed by atoms with van der Waals surface area (Å²) in [5, 5.41) is 0.813. The molecular weight excluding hydrogens is 368 g/mol. The summed E-state index contributed by atoms with van der Waals surface area (Å²) in [5.74, 6) is -1.46. The van der Waals surface area contributed by atoms with Gasteiger partial charge in [0.25, 0.3) is 0 Å². The van der Waals surface area contributed by atoms with E-state index in [1.54, 1.807) is 4.90 Å². The van der Waals surface area contributed by atoms with Gasteiger partial charge in [-0.25, -0.2) is 0 Å². The van der Waals surface area contributed by atoms with Crippen molar-refractivity contribution in [2.75, 3.05) is 18.1 Å². The molecule has 1 N–H and O–H groups in total. The van der Waals surface area contributed by atoms with Crippen LogP contribution in [0.15, 0.2) is 48.5 Å². The largest absolute Gasteiger partial charge is 0.457 e. The van der Waals surface area contributed by atoms with Crippen LogP contribution in [0.5, 0.6) is 0 Å². The van der Waals surface area contributed by atoms with E-state index in [1.165, 1.54) is 0 Å². The van der Waals surface area contributed by atoms with E-state index >= 15 is 0 Å². The van der Waals surface area contributed by atoms with Crippen molar-refractivity contribution in [1.29, 1.82) is 0 Å². The highest BCUT2D eigenvalue weighted by molar-refractivity contribution is 6.10.